The first-order chi connectivity index (χ1) is 14.9. The number of amides is 1. The Kier molecular flexibility index (Phi) is 4.24. The predicted molar refractivity (Wildman–Crippen MR) is 116 cm³/mol. The maximum Gasteiger partial charge on any atom is 0.220 e. The van der Waals surface area contributed by atoms with Gasteiger partial charge in [0, 0.05) is 24.1 Å². The highest BCUT2D eigenvalue weighted by molar-refractivity contribution is 5.76. The average molecular weight is 427 g/mol. The first kappa shape index (κ1) is 19.9. The molecular weight excluding hydrogens is 392 g/mol. The average Bonchev–Trinajstić information content (AvgIpc) is 3.50. The van der Waals surface area contributed by atoms with Gasteiger partial charge >= 0.3 is 0 Å². The van der Waals surface area contributed by atoms with Crippen LogP contribution < -0.4 is 10.1 Å². The summed E-state index contributed by atoms with van der Waals surface area (Å²) in [6.45, 7) is 5.10. The van der Waals surface area contributed by atoms with Crippen LogP contribution in [0.15, 0.2) is 6.07 Å². The van der Waals surface area contributed by atoms with Crippen molar-refractivity contribution in [1.29, 1.82) is 0 Å². The van der Waals surface area contributed by atoms with Gasteiger partial charge in [-0.2, -0.15) is 0 Å². The first-order valence-electron chi connectivity index (χ1n) is 12.2. The molecule has 0 aromatic heterocycles. The number of unbranched alkanes of at least 4 members (excludes halogenated alkanes) is 1. The van der Waals surface area contributed by atoms with Crippen LogP contribution in [0.25, 0.3) is 0 Å². The van der Waals surface area contributed by atoms with E-state index in [-0.39, 0.29) is 29.8 Å². The van der Waals surface area contributed by atoms with Gasteiger partial charge in [0.15, 0.2) is 11.5 Å². The molecule has 2 heterocycles. The van der Waals surface area contributed by atoms with Crippen LogP contribution in [-0.2, 0) is 16.6 Å². The van der Waals surface area contributed by atoms with Crippen LogP contribution in [-0.4, -0.2) is 57.4 Å². The Labute approximate surface area is 184 Å². The molecule has 2 aliphatic heterocycles. The van der Waals surface area contributed by atoms with E-state index in [0.29, 0.717) is 31.1 Å². The van der Waals surface area contributed by atoms with Gasteiger partial charge in [0.2, 0.25) is 5.91 Å². The lowest BCUT2D eigenvalue weighted by molar-refractivity contribution is -0.193. The highest BCUT2D eigenvalue weighted by atomic mass is 16.5. The third-order valence-electron chi connectivity index (χ3n) is 8.97. The van der Waals surface area contributed by atoms with Gasteiger partial charge in [-0.05, 0) is 75.6 Å². The smallest absolute Gasteiger partial charge is 0.220 e. The highest BCUT2D eigenvalue weighted by Gasteiger charge is 2.73. The summed E-state index contributed by atoms with van der Waals surface area (Å²) in [5, 5.41) is 26.5. The molecule has 5 atom stereocenters. The van der Waals surface area contributed by atoms with Gasteiger partial charge in [-0.25, -0.2) is 0 Å². The summed E-state index contributed by atoms with van der Waals surface area (Å²) in [5.41, 5.74) is 1.92. The molecule has 168 valence electrons. The largest absolute Gasteiger partial charge is 0.504 e. The Balaban J connectivity index is 1.47. The van der Waals surface area contributed by atoms with Crippen LogP contribution in [0, 0.1) is 6.92 Å². The SMILES string of the molecule is CCCCC(=O)N[C@H]1CC[C@@]2(O)[C@H]3Cc4c(C)cc(O)c5c4[C@@]2(CCN3C2CC2)[C@H]1O5. The molecule has 2 saturated carbocycles. The van der Waals surface area contributed by atoms with E-state index in [1.807, 2.05) is 6.07 Å². The highest BCUT2D eigenvalue weighted by Crippen LogP contribution is 2.66. The number of aliphatic hydroxyl groups is 1. The molecule has 2 bridgehead atoms. The maximum atomic E-state index is 12.6. The van der Waals surface area contributed by atoms with E-state index in [0.717, 1.165) is 43.4 Å². The molecule has 0 unspecified atom stereocenters. The minimum absolute atomic E-state index is 0.0663. The molecule has 3 fully saturated rings. The Hall–Kier alpha value is -1.79. The number of carbonyl (C=O) groups excluding carboxylic acids is 1. The number of hydrogen-bond donors (Lipinski definition) is 3. The molecule has 3 aliphatic carbocycles. The Morgan fingerprint density at radius 2 is 2.13 bits per heavy atom. The number of rotatable bonds is 5. The second-order valence-electron chi connectivity index (χ2n) is 10.6. The quantitative estimate of drug-likeness (QED) is 0.674. The zero-order valence-corrected chi connectivity index (χ0v) is 18.6. The van der Waals surface area contributed by atoms with Gasteiger partial charge in [0.25, 0.3) is 0 Å². The standard InChI is InChI=1S/C25H34N2O4/c1-3-4-5-20(29)26-17-8-9-25(30)19-13-16-14(2)12-18(28)22-21(16)24(25,23(17)31-22)10-11-27(19)15-6-7-15/h12,15,17,19,23,28,30H,3-11,13H2,1-2H3,(H,26,29)/t17-,19+,23-,24-,25+/m0/s1. The second kappa shape index (κ2) is 6.61. The third kappa shape index (κ3) is 2.49. The Morgan fingerprint density at radius 1 is 1.32 bits per heavy atom. The molecule has 1 aromatic rings. The van der Waals surface area contributed by atoms with Crippen LogP contribution >= 0.6 is 0 Å². The zero-order valence-electron chi connectivity index (χ0n) is 18.6. The Bertz CT molecular complexity index is 944. The lowest BCUT2D eigenvalue weighted by Gasteiger charge is -2.64. The Morgan fingerprint density at radius 3 is 2.87 bits per heavy atom. The number of carbonyl (C=O) groups is 1. The number of aromatic hydroxyl groups is 1. The zero-order chi connectivity index (χ0) is 21.5. The number of likely N-dealkylation sites (tertiary alicyclic amines) is 1. The summed E-state index contributed by atoms with van der Waals surface area (Å²) in [6.07, 6.45) is 7.50. The van der Waals surface area contributed by atoms with E-state index >= 15 is 0 Å². The summed E-state index contributed by atoms with van der Waals surface area (Å²) in [6, 6.07) is 2.35. The van der Waals surface area contributed by atoms with E-state index in [4.69, 9.17) is 4.74 Å². The van der Waals surface area contributed by atoms with Gasteiger partial charge < -0.3 is 20.3 Å². The molecule has 1 spiro atoms. The monoisotopic (exact) mass is 426 g/mol. The predicted octanol–water partition coefficient (Wildman–Crippen LogP) is 2.69. The first-order valence-corrected chi connectivity index (χ1v) is 12.2. The number of piperidine rings is 1. The van der Waals surface area contributed by atoms with E-state index in [1.54, 1.807) is 0 Å². The lowest BCUT2D eigenvalue weighted by atomic mass is 9.48. The lowest BCUT2D eigenvalue weighted by Crippen LogP contribution is -2.78. The molecule has 0 radical (unpaired) electrons. The van der Waals surface area contributed by atoms with E-state index in [9.17, 15) is 15.0 Å². The second-order valence-corrected chi connectivity index (χ2v) is 10.6. The van der Waals surface area contributed by atoms with Gasteiger partial charge in [-0.3, -0.25) is 9.69 Å². The van der Waals surface area contributed by atoms with Crippen molar-refractivity contribution in [2.75, 3.05) is 6.54 Å². The molecule has 1 saturated heterocycles. The number of nitrogens with one attached hydrogen (secondary N) is 1. The number of ether oxygens (including phenoxy) is 1. The van der Waals surface area contributed by atoms with Gasteiger partial charge in [0.05, 0.1) is 17.1 Å². The molecule has 6 rings (SSSR count). The third-order valence-corrected chi connectivity index (χ3v) is 8.97. The molecule has 3 N–H and O–H groups in total. The van der Waals surface area contributed by atoms with Gasteiger partial charge in [0.1, 0.15) is 6.10 Å². The normalized spacial score (nSPS) is 37.8. The van der Waals surface area contributed by atoms with E-state index in [2.05, 4.69) is 24.1 Å². The minimum Gasteiger partial charge on any atom is -0.504 e. The van der Waals surface area contributed by atoms with Gasteiger partial charge in [-0.1, -0.05) is 13.3 Å². The van der Waals surface area contributed by atoms with Crippen molar-refractivity contribution in [3.8, 4) is 11.5 Å². The summed E-state index contributed by atoms with van der Waals surface area (Å²) in [7, 11) is 0. The number of hydrogen-bond acceptors (Lipinski definition) is 5. The van der Waals surface area contributed by atoms with Crippen molar-refractivity contribution in [3.63, 3.8) is 0 Å². The van der Waals surface area contributed by atoms with Crippen LogP contribution in [0.2, 0.25) is 0 Å². The minimum atomic E-state index is -0.887. The molecule has 31 heavy (non-hydrogen) atoms. The van der Waals surface area contributed by atoms with Crippen molar-refractivity contribution >= 4 is 5.91 Å². The van der Waals surface area contributed by atoms with Crippen LogP contribution in [0.3, 0.4) is 0 Å². The number of phenolic OH excluding ortho intramolecular Hbond substituents is 1. The van der Waals surface area contributed by atoms with Crippen molar-refractivity contribution in [2.24, 2.45) is 0 Å². The van der Waals surface area contributed by atoms with Crippen LogP contribution in [0.1, 0.15) is 75.0 Å². The molecule has 1 aromatic carbocycles. The van der Waals surface area contributed by atoms with Crippen LogP contribution in [0.5, 0.6) is 11.5 Å². The number of benzene rings is 1. The summed E-state index contributed by atoms with van der Waals surface area (Å²) < 4.78 is 6.52. The number of aryl methyl sites for hydroxylation is 1. The van der Waals surface area contributed by atoms with E-state index in [1.165, 1.54) is 18.4 Å². The summed E-state index contributed by atoms with van der Waals surface area (Å²) in [5.74, 6) is 0.787. The van der Waals surface area contributed by atoms with Gasteiger partial charge in [-0.15, -0.1) is 0 Å². The molecule has 1 amide bonds. The van der Waals surface area contributed by atoms with Crippen molar-refractivity contribution in [3.05, 3.63) is 22.8 Å². The van der Waals surface area contributed by atoms with Crippen LogP contribution in [0.4, 0.5) is 0 Å². The fraction of sp³-hybridized carbons (Fsp3) is 0.720. The van der Waals surface area contributed by atoms with Crippen molar-refractivity contribution in [2.45, 2.75) is 107 Å². The number of phenols is 1. The summed E-state index contributed by atoms with van der Waals surface area (Å²) in [4.78, 5) is 15.2. The van der Waals surface area contributed by atoms with Crippen molar-refractivity contribution in [1.82, 2.24) is 10.2 Å². The van der Waals surface area contributed by atoms with E-state index < -0.39 is 11.0 Å². The van der Waals surface area contributed by atoms with Crippen molar-refractivity contribution < 1.29 is 19.7 Å². The summed E-state index contributed by atoms with van der Waals surface area (Å²) >= 11 is 0. The maximum absolute atomic E-state index is 12.6. The topological polar surface area (TPSA) is 82.0 Å². The molecule has 6 heteroatoms. The fourth-order valence-corrected chi connectivity index (χ4v) is 7.45. The molecular formula is C25H34N2O4. The number of nitrogens with zero attached hydrogens (tertiary/aromatic N) is 1. The fourth-order valence-electron chi connectivity index (χ4n) is 7.45. The molecule has 6 nitrogen and oxygen atoms in total. The molecule has 5 aliphatic rings.